The third-order valence-corrected chi connectivity index (χ3v) is 3.41. The van der Waals surface area contributed by atoms with Crippen LogP contribution in [0.5, 0.6) is 0 Å². The van der Waals surface area contributed by atoms with Gasteiger partial charge in [-0.3, -0.25) is 4.79 Å². The molecule has 1 N–H and O–H groups in total. The molecule has 0 bridgehead atoms. The predicted molar refractivity (Wildman–Crippen MR) is 92.2 cm³/mol. The number of nitrogens with zero attached hydrogens (tertiary/aromatic N) is 1. The molecule has 0 saturated heterocycles. The topological polar surface area (TPSA) is 32.3 Å². The average Bonchev–Trinajstić information content (AvgIpc) is 2.51. The van der Waals surface area contributed by atoms with E-state index in [0.717, 1.165) is 25.1 Å². The summed E-state index contributed by atoms with van der Waals surface area (Å²) in [6.45, 7) is 8.51. The van der Waals surface area contributed by atoms with Crippen LogP contribution in [0.1, 0.15) is 39.2 Å². The fourth-order valence-electron chi connectivity index (χ4n) is 2.30. The Bertz CT molecular complexity index is 476. The Morgan fingerprint density at radius 3 is 2.55 bits per heavy atom. The van der Waals surface area contributed by atoms with Crippen LogP contribution in [-0.4, -0.2) is 29.9 Å². The standard InChI is InChI=1S/C19H28N2O/c1-5-10-18(20-14-16(3)4)19(22)21(13-6-2)15-17-11-8-7-9-12-17/h1,7-9,11-12,16,18,20H,6,10,13-15H2,2-4H3. The van der Waals surface area contributed by atoms with Crippen molar-refractivity contribution < 1.29 is 4.79 Å². The van der Waals surface area contributed by atoms with Gasteiger partial charge in [0.05, 0.1) is 6.04 Å². The molecule has 1 aromatic carbocycles. The number of carbonyl (C=O) groups excluding carboxylic acids is 1. The van der Waals surface area contributed by atoms with Crippen molar-refractivity contribution in [2.75, 3.05) is 13.1 Å². The fourth-order valence-corrected chi connectivity index (χ4v) is 2.30. The smallest absolute Gasteiger partial charge is 0.240 e. The summed E-state index contributed by atoms with van der Waals surface area (Å²) in [7, 11) is 0. The lowest BCUT2D eigenvalue weighted by Gasteiger charge is -2.27. The van der Waals surface area contributed by atoms with Gasteiger partial charge in [0.25, 0.3) is 0 Å². The van der Waals surface area contributed by atoms with Gasteiger partial charge < -0.3 is 10.2 Å². The highest BCUT2D eigenvalue weighted by molar-refractivity contribution is 5.82. The van der Waals surface area contributed by atoms with Crippen LogP contribution in [0, 0.1) is 18.3 Å². The highest BCUT2D eigenvalue weighted by Gasteiger charge is 2.23. The second-order valence-electron chi connectivity index (χ2n) is 6.01. The summed E-state index contributed by atoms with van der Waals surface area (Å²) >= 11 is 0. The van der Waals surface area contributed by atoms with Crippen molar-refractivity contribution in [1.82, 2.24) is 10.2 Å². The van der Waals surface area contributed by atoms with Crippen molar-refractivity contribution in [2.24, 2.45) is 5.92 Å². The Kier molecular flexibility index (Phi) is 8.32. The summed E-state index contributed by atoms with van der Waals surface area (Å²) in [6, 6.07) is 9.80. The Balaban J connectivity index is 2.77. The number of nitrogens with one attached hydrogen (secondary N) is 1. The first kappa shape index (κ1) is 18.3. The molecule has 0 saturated carbocycles. The van der Waals surface area contributed by atoms with E-state index in [4.69, 9.17) is 6.42 Å². The molecule has 3 nitrogen and oxygen atoms in total. The second-order valence-corrected chi connectivity index (χ2v) is 6.01. The Morgan fingerprint density at radius 2 is 2.00 bits per heavy atom. The first-order valence-electron chi connectivity index (χ1n) is 8.08. The van der Waals surface area contributed by atoms with Gasteiger partial charge >= 0.3 is 0 Å². The summed E-state index contributed by atoms with van der Waals surface area (Å²) in [5.41, 5.74) is 1.15. The van der Waals surface area contributed by atoms with Crippen LogP contribution < -0.4 is 5.32 Å². The summed E-state index contributed by atoms with van der Waals surface area (Å²) in [4.78, 5) is 14.7. The Morgan fingerprint density at radius 1 is 1.32 bits per heavy atom. The van der Waals surface area contributed by atoms with Crippen LogP contribution in [0.15, 0.2) is 30.3 Å². The van der Waals surface area contributed by atoms with Crippen LogP contribution in [-0.2, 0) is 11.3 Å². The van der Waals surface area contributed by atoms with Gasteiger partial charge in [0.1, 0.15) is 0 Å². The van der Waals surface area contributed by atoms with Gasteiger partial charge in [-0.2, -0.15) is 0 Å². The summed E-state index contributed by atoms with van der Waals surface area (Å²) in [5.74, 6) is 3.21. The molecule has 120 valence electrons. The minimum Gasteiger partial charge on any atom is -0.337 e. The minimum absolute atomic E-state index is 0.101. The molecule has 1 atom stereocenters. The number of rotatable bonds is 9. The van der Waals surface area contributed by atoms with E-state index in [0.29, 0.717) is 18.9 Å². The van der Waals surface area contributed by atoms with Crippen molar-refractivity contribution in [1.29, 1.82) is 0 Å². The molecule has 0 radical (unpaired) electrons. The van der Waals surface area contributed by atoms with E-state index in [9.17, 15) is 4.79 Å². The van der Waals surface area contributed by atoms with Gasteiger partial charge in [0, 0.05) is 19.5 Å². The highest BCUT2D eigenvalue weighted by atomic mass is 16.2. The van der Waals surface area contributed by atoms with Gasteiger partial charge in [-0.05, 0) is 24.4 Å². The lowest BCUT2D eigenvalue weighted by molar-refractivity contribution is -0.134. The Labute approximate surface area is 135 Å². The molecule has 22 heavy (non-hydrogen) atoms. The number of hydrogen-bond acceptors (Lipinski definition) is 2. The van der Waals surface area contributed by atoms with Gasteiger partial charge in [-0.1, -0.05) is 51.1 Å². The zero-order chi connectivity index (χ0) is 16.4. The van der Waals surface area contributed by atoms with Gasteiger partial charge in [0.15, 0.2) is 0 Å². The Hall–Kier alpha value is -1.79. The number of benzene rings is 1. The van der Waals surface area contributed by atoms with Crippen LogP contribution in [0.4, 0.5) is 0 Å². The maximum atomic E-state index is 12.8. The molecule has 1 rings (SSSR count). The maximum Gasteiger partial charge on any atom is 0.240 e. The monoisotopic (exact) mass is 300 g/mol. The van der Waals surface area contributed by atoms with Crippen LogP contribution >= 0.6 is 0 Å². The molecular weight excluding hydrogens is 272 g/mol. The molecule has 0 fully saturated rings. The van der Waals surface area contributed by atoms with E-state index >= 15 is 0 Å². The van der Waals surface area contributed by atoms with Crippen molar-refractivity contribution in [3.63, 3.8) is 0 Å². The third kappa shape index (κ3) is 6.32. The summed E-state index contributed by atoms with van der Waals surface area (Å²) in [6.07, 6.45) is 6.81. The van der Waals surface area contributed by atoms with Crippen LogP contribution in [0.25, 0.3) is 0 Å². The molecule has 3 heteroatoms. The van der Waals surface area contributed by atoms with Crippen molar-refractivity contribution in [3.05, 3.63) is 35.9 Å². The lowest BCUT2D eigenvalue weighted by atomic mass is 10.1. The first-order valence-corrected chi connectivity index (χ1v) is 8.08. The molecular formula is C19H28N2O. The number of amides is 1. The van der Waals surface area contributed by atoms with Crippen molar-refractivity contribution in [2.45, 2.75) is 46.2 Å². The molecule has 1 unspecified atom stereocenters. The average molecular weight is 300 g/mol. The van der Waals surface area contributed by atoms with Crippen LogP contribution in [0.2, 0.25) is 0 Å². The zero-order valence-electron chi connectivity index (χ0n) is 14.0. The SMILES string of the molecule is C#CCC(NCC(C)C)C(=O)N(CCC)Cc1ccccc1. The molecule has 0 spiro atoms. The van der Waals surface area contributed by atoms with Gasteiger partial charge in [-0.15, -0.1) is 12.3 Å². The normalized spacial score (nSPS) is 12.0. The molecule has 0 aliphatic heterocycles. The van der Waals surface area contributed by atoms with E-state index in [-0.39, 0.29) is 11.9 Å². The zero-order valence-corrected chi connectivity index (χ0v) is 14.0. The molecule has 1 aromatic rings. The predicted octanol–water partition coefficient (Wildman–Crippen LogP) is 3.06. The first-order chi connectivity index (χ1) is 10.6. The maximum absolute atomic E-state index is 12.8. The molecule has 0 aromatic heterocycles. The lowest BCUT2D eigenvalue weighted by Crippen LogP contribution is -2.47. The summed E-state index contributed by atoms with van der Waals surface area (Å²) < 4.78 is 0. The van der Waals surface area contributed by atoms with E-state index in [1.54, 1.807) is 0 Å². The quantitative estimate of drug-likeness (QED) is 0.711. The largest absolute Gasteiger partial charge is 0.337 e. The van der Waals surface area contributed by atoms with E-state index in [2.05, 4.69) is 32.0 Å². The number of terminal acetylenes is 1. The van der Waals surface area contributed by atoms with Gasteiger partial charge in [-0.25, -0.2) is 0 Å². The minimum atomic E-state index is -0.289. The number of hydrogen-bond donors (Lipinski definition) is 1. The van der Waals surface area contributed by atoms with E-state index < -0.39 is 0 Å². The molecule has 1 amide bonds. The summed E-state index contributed by atoms with van der Waals surface area (Å²) in [5, 5.41) is 3.31. The number of carbonyl (C=O) groups is 1. The molecule has 0 heterocycles. The van der Waals surface area contributed by atoms with Gasteiger partial charge in [0.2, 0.25) is 5.91 Å². The molecule has 0 aliphatic carbocycles. The van der Waals surface area contributed by atoms with E-state index in [1.165, 1.54) is 0 Å². The third-order valence-electron chi connectivity index (χ3n) is 3.41. The highest BCUT2D eigenvalue weighted by Crippen LogP contribution is 2.09. The fraction of sp³-hybridized carbons (Fsp3) is 0.526. The van der Waals surface area contributed by atoms with Crippen molar-refractivity contribution >= 4 is 5.91 Å². The molecule has 0 aliphatic rings. The second kappa shape index (κ2) is 10.0. The van der Waals surface area contributed by atoms with E-state index in [1.807, 2.05) is 35.2 Å². The van der Waals surface area contributed by atoms with Crippen molar-refractivity contribution in [3.8, 4) is 12.3 Å². The van der Waals surface area contributed by atoms with Crippen LogP contribution in [0.3, 0.4) is 0 Å².